The van der Waals surface area contributed by atoms with Crippen LogP contribution in [0.5, 0.6) is 0 Å². The lowest BCUT2D eigenvalue weighted by Crippen LogP contribution is -1.90. The van der Waals surface area contributed by atoms with Crippen molar-refractivity contribution in [2.75, 3.05) is 0 Å². The van der Waals surface area contributed by atoms with Crippen molar-refractivity contribution in [2.45, 2.75) is 10.8 Å². The van der Waals surface area contributed by atoms with E-state index in [2.05, 4.69) is 26.2 Å². The lowest BCUT2D eigenvalue weighted by Gasteiger charge is -2.02. The number of hydrogen-bond acceptors (Lipinski definition) is 5. The molecule has 98 valence electrons. The molecule has 0 N–H and O–H groups in total. The molecule has 0 saturated heterocycles. The number of thioether (sulfide) groups is 1. The molecule has 0 aliphatic carbocycles. The van der Waals surface area contributed by atoms with Crippen LogP contribution in [-0.4, -0.2) is 20.2 Å². The summed E-state index contributed by atoms with van der Waals surface area (Å²) in [5.41, 5.74) is 3.06. The third-order valence-electron chi connectivity index (χ3n) is 2.73. The highest BCUT2D eigenvalue weighted by atomic mass is 32.2. The van der Waals surface area contributed by atoms with Gasteiger partial charge < -0.3 is 0 Å². The molecular weight excluding hydrogens is 268 g/mol. The van der Waals surface area contributed by atoms with E-state index in [1.807, 2.05) is 36.5 Å². The molecule has 0 bridgehead atoms. The molecule has 5 heteroatoms. The fourth-order valence-electron chi connectivity index (χ4n) is 1.71. The largest absolute Gasteiger partial charge is 0.265 e. The van der Waals surface area contributed by atoms with Crippen LogP contribution in [0.1, 0.15) is 5.56 Å². The minimum absolute atomic E-state index is 0.844. The minimum Gasteiger partial charge on any atom is -0.265 e. The van der Waals surface area contributed by atoms with Gasteiger partial charge in [-0.25, -0.2) is 0 Å². The first-order valence-electron chi connectivity index (χ1n) is 6.18. The van der Waals surface area contributed by atoms with E-state index in [1.165, 1.54) is 5.56 Å². The first-order valence-corrected chi connectivity index (χ1v) is 7.16. The second-order valence-corrected chi connectivity index (χ2v) is 5.14. The van der Waals surface area contributed by atoms with Crippen molar-refractivity contribution in [3.05, 3.63) is 66.7 Å². The maximum atomic E-state index is 4.25. The normalized spacial score (nSPS) is 10.4. The maximum absolute atomic E-state index is 4.25. The number of aromatic nitrogens is 4. The van der Waals surface area contributed by atoms with Crippen LogP contribution in [-0.2, 0) is 5.75 Å². The molecule has 0 spiro atoms. The zero-order valence-electron chi connectivity index (χ0n) is 10.7. The summed E-state index contributed by atoms with van der Waals surface area (Å²) in [5, 5.41) is 9.40. The molecule has 3 aromatic rings. The molecule has 0 fully saturated rings. The quantitative estimate of drug-likeness (QED) is 0.687. The number of pyridine rings is 2. The Bertz CT molecular complexity index is 656. The average molecular weight is 280 g/mol. The van der Waals surface area contributed by atoms with E-state index in [4.69, 9.17) is 0 Å². The Balaban J connectivity index is 1.68. The molecule has 3 heterocycles. The molecule has 0 aromatic carbocycles. The van der Waals surface area contributed by atoms with Crippen molar-refractivity contribution < 1.29 is 0 Å². The zero-order valence-corrected chi connectivity index (χ0v) is 11.5. The van der Waals surface area contributed by atoms with Gasteiger partial charge in [0.2, 0.25) is 0 Å². The van der Waals surface area contributed by atoms with Crippen LogP contribution in [0.2, 0.25) is 0 Å². The smallest absolute Gasteiger partial charge is 0.119 e. The van der Waals surface area contributed by atoms with E-state index in [1.54, 1.807) is 30.4 Å². The Kier molecular flexibility index (Phi) is 3.99. The predicted molar refractivity (Wildman–Crippen MR) is 79.1 cm³/mol. The van der Waals surface area contributed by atoms with Crippen LogP contribution in [0.3, 0.4) is 0 Å². The summed E-state index contributed by atoms with van der Waals surface area (Å²) in [6.07, 6.45) is 7.15. The number of hydrogen-bond donors (Lipinski definition) is 0. The van der Waals surface area contributed by atoms with Crippen LogP contribution in [0.25, 0.3) is 11.3 Å². The third-order valence-corrected chi connectivity index (χ3v) is 3.72. The summed E-state index contributed by atoms with van der Waals surface area (Å²) in [4.78, 5) is 8.09. The van der Waals surface area contributed by atoms with Crippen molar-refractivity contribution in [3.63, 3.8) is 0 Å². The van der Waals surface area contributed by atoms with Gasteiger partial charge in [-0.1, -0.05) is 17.8 Å². The molecule has 4 nitrogen and oxygen atoms in total. The van der Waals surface area contributed by atoms with Crippen LogP contribution in [0.4, 0.5) is 0 Å². The topological polar surface area (TPSA) is 51.6 Å². The van der Waals surface area contributed by atoms with Gasteiger partial charge in [-0.15, -0.1) is 10.2 Å². The fraction of sp³-hybridized carbons (Fsp3) is 0.0667. The second kappa shape index (κ2) is 6.25. The molecule has 0 saturated carbocycles. The van der Waals surface area contributed by atoms with Gasteiger partial charge in [0, 0.05) is 36.1 Å². The third kappa shape index (κ3) is 3.19. The lowest BCUT2D eigenvalue weighted by atomic mass is 10.2. The van der Waals surface area contributed by atoms with Crippen LogP contribution in [0, 0.1) is 0 Å². The number of nitrogens with zero attached hydrogens (tertiary/aromatic N) is 4. The summed E-state index contributed by atoms with van der Waals surface area (Å²) in [5.74, 6) is 0.844. The first-order chi connectivity index (χ1) is 9.92. The molecule has 0 radical (unpaired) electrons. The predicted octanol–water partition coefficient (Wildman–Crippen LogP) is 3.23. The van der Waals surface area contributed by atoms with E-state index in [9.17, 15) is 0 Å². The Hall–Kier alpha value is -2.27. The standard InChI is InChI=1S/C15H12N4S/c1-2-12(10-17-7-1)11-20-15-4-3-14(18-19-15)13-5-8-16-9-6-13/h1-10H,11H2. The Morgan fingerprint density at radius 1 is 0.850 bits per heavy atom. The molecule has 0 aliphatic rings. The van der Waals surface area contributed by atoms with Gasteiger partial charge in [-0.2, -0.15) is 0 Å². The zero-order chi connectivity index (χ0) is 13.6. The molecule has 0 amide bonds. The van der Waals surface area contributed by atoms with E-state index in [0.29, 0.717) is 0 Å². The van der Waals surface area contributed by atoms with Gasteiger partial charge in [0.15, 0.2) is 0 Å². The van der Waals surface area contributed by atoms with Crippen molar-refractivity contribution in [1.82, 2.24) is 20.2 Å². The molecular formula is C15H12N4S. The fourth-order valence-corrected chi connectivity index (χ4v) is 2.46. The monoisotopic (exact) mass is 280 g/mol. The van der Waals surface area contributed by atoms with E-state index < -0.39 is 0 Å². The van der Waals surface area contributed by atoms with Gasteiger partial charge in [0.25, 0.3) is 0 Å². The molecule has 20 heavy (non-hydrogen) atoms. The van der Waals surface area contributed by atoms with Crippen molar-refractivity contribution in [2.24, 2.45) is 0 Å². The SMILES string of the molecule is c1cncc(CSc2ccc(-c3ccncc3)nn2)c1. The van der Waals surface area contributed by atoms with Crippen molar-refractivity contribution in [1.29, 1.82) is 0 Å². The lowest BCUT2D eigenvalue weighted by molar-refractivity contribution is 0.935. The summed E-state index contributed by atoms with van der Waals surface area (Å²) < 4.78 is 0. The van der Waals surface area contributed by atoms with E-state index >= 15 is 0 Å². The molecule has 3 rings (SSSR count). The van der Waals surface area contributed by atoms with E-state index in [0.717, 1.165) is 22.0 Å². The Labute approximate surface area is 121 Å². The van der Waals surface area contributed by atoms with Crippen molar-refractivity contribution in [3.8, 4) is 11.3 Å². The molecule has 0 atom stereocenters. The Morgan fingerprint density at radius 2 is 1.75 bits per heavy atom. The van der Waals surface area contributed by atoms with Gasteiger partial charge in [0.05, 0.1) is 5.69 Å². The first kappa shape index (κ1) is 12.7. The van der Waals surface area contributed by atoms with Crippen LogP contribution < -0.4 is 0 Å². The average Bonchev–Trinajstić information content (AvgIpc) is 2.55. The summed E-state index contributed by atoms with van der Waals surface area (Å²) in [6.45, 7) is 0. The second-order valence-electron chi connectivity index (χ2n) is 4.14. The highest BCUT2D eigenvalue weighted by Crippen LogP contribution is 2.22. The summed E-state index contributed by atoms with van der Waals surface area (Å²) >= 11 is 1.65. The van der Waals surface area contributed by atoms with Gasteiger partial charge in [-0.05, 0) is 35.9 Å². The molecule has 0 unspecified atom stereocenters. The molecule has 0 aliphatic heterocycles. The van der Waals surface area contributed by atoms with Gasteiger partial charge >= 0.3 is 0 Å². The minimum atomic E-state index is 0.844. The van der Waals surface area contributed by atoms with Gasteiger partial charge in [-0.3, -0.25) is 9.97 Å². The molecule has 3 aromatic heterocycles. The Morgan fingerprint density at radius 3 is 2.45 bits per heavy atom. The van der Waals surface area contributed by atoms with Gasteiger partial charge in [0.1, 0.15) is 5.03 Å². The highest BCUT2D eigenvalue weighted by molar-refractivity contribution is 7.98. The summed E-state index contributed by atoms with van der Waals surface area (Å²) in [6, 6.07) is 11.8. The van der Waals surface area contributed by atoms with Crippen LogP contribution >= 0.6 is 11.8 Å². The maximum Gasteiger partial charge on any atom is 0.119 e. The number of rotatable bonds is 4. The van der Waals surface area contributed by atoms with Crippen LogP contribution in [0.15, 0.2) is 66.2 Å². The highest BCUT2D eigenvalue weighted by Gasteiger charge is 2.02. The van der Waals surface area contributed by atoms with E-state index in [-0.39, 0.29) is 0 Å². The summed E-state index contributed by atoms with van der Waals surface area (Å²) in [7, 11) is 0. The van der Waals surface area contributed by atoms with Crippen molar-refractivity contribution >= 4 is 11.8 Å².